The molecule has 2 aromatic heterocycles. The van der Waals surface area contributed by atoms with E-state index >= 15 is 0 Å². The van der Waals surface area contributed by atoms with Crippen molar-refractivity contribution in [3.8, 4) is 22.8 Å². The lowest BCUT2D eigenvalue weighted by Gasteiger charge is -2.18. The van der Waals surface area contributed by atoms with Crippen molar-refractivity contribution >= 4 is 16.9 Å². The number of para-hydroxylation sites is 1. The molecule has 0 spiro atoms. The average Bonchev–Trinajstić information content (AvgIpc) is 3.26. The summed E-state index contributed by atoms with van der Waals surface area (Å²) in [6.07, 6.45) is 0. The summed E-state index contributed by atoms with van der Waals surface area (Å²) in [5.41, 5.74) is 2.29. The number of hydrogen-bond acceptors (Lipinski definition) is 7. The summed E-state index contributed by atoms with van der Waals surface area (Å²) in [6, 6.07) is 18.3. The molecule has 4 aromatic rings. The molecule has 0 bridgehead atoms. The molecule has 0 amide bonds. The minimum Gasteiger partial charge on any atom is -0.486 e. The normalized spacial score (nSPS) is 12.7. The van der Waals surface area contributed by atoms with Crippen molar-refractivity contribution in [2.75, 3.05) is 13.2 Å². The molecule has 0 fully saturated rings. The lowest BCUT2D eigenvalue weighted by molar-refractivity contribution is 0.0458. The molecule has 1 aliphatic rings. The molecular weight excluding hydrogens is 372 g/mol. The molecule has 7 nitrogen and oxygen atoms in total. The first-order valence-corrected chi connectivity index (χ1v) is 9.15. The zero-order valence-electron chi connectivity index (χ0n) is 15.3. The minimum absolute atomic E-state index is 0.0125. The second-order valence-electron chi connectivity index (χ2n) is 6.51. The third-order valence-electron chi connectivity index (χ3n) is 4.54. The van der Waals surface area contributed by atoms with E-state index in [9.17, 15) is 4.79 Å². The van der Waals surface area contributed by atoms with Gasteiger partial charge in [-0.05, 0) is 30.3 Å². The number of aromatic nitrogens is 2. The molecule has 2 aromatic carbocycles. The van der Waals surface area contributed by atoms with Gasteiger partial charge in [0.25, 0.3) is 0 Å². The lowest BCUT2D eigenvalue weighted by Crippen LogP contribution is -2.15. The maximum absolute atomic E-state index is 12.3. The maximum Gasteiger partial charge on any atom is 0.357 e. The number of rotatable bonds is 4. The minimum atomic E-state index is -0.514. The van der Waals surface area contributed by atoms with E-state index in [-0.39, 0.29) is 12.3 Å². The van der Waals surface area contributed by atoms with E-state index < -0.39 is 5.97 Å². The third-order valence-corrected chi connectivity index (χ3v) is 4.54. The van der Waals surface area contributed by atoms with Crippen LogP contribution in [-0.2, 0) is 11.3 Å². The topological polar surface area (TPSA) is 83.7 Å². The largest absolute Gasteiger partial charge is 0.486 e. The van der Waals surface area contributed by atoms with Gasteiger partial charge in [-0.1, -0.05) is 29.4 Å². The first-order chi connectivity index (χ1) is 14.3. The van der Waals surface area contributed by atoms with E-state index in [0.717, 1.165) is 16.5 Å². The van der Waals surface area contributed by atoms with Crippen molar-refractivity contribution in [2.45, 2.75) is 6.61 Å². The monoisotopic (exact) mass is 388 g/mol. The van der Waals surface area contributed by atoms with Crippen molar-refractivity contribution in [1.29, 1.82) is 0 Å². The third kappa shape index (κ3) is 3.50. The Hall–Kier alpha value is -3.87. The van der Waals surface area contributed by atoms with Crippen LogP contribution in [0.15, 0.2) is 65.2 Å². The maximum atomic E-state index is 12.3. The van der Waals surface area contributed by atoms with Gasteiger partial charge in [0.1, 0.15) is 31.2 Å². The molecule has 0 saturated carbocycles. The SMILES string of the molecule is O=C(OCc1cc(-c2ccc3c(c2)OCCO3)on1)c1ccc2ccccc2n1. The number of benzene rings is 2. The highest BCUT2D eigenvalue weighted by Crippen LogP contribution is 2.34. The van der Waals surface area contributed by atoms with E-state index in [2.05, 4.69) is 10.1 Å². The van der Waals surface area contributed by atoms with Gasteiger partial charge < -0.3 is 18.7 Å². The Bertz CT molecular complexity index is 1200. The van der Waals surface area contributed by atoms with Gasteiger partial charge in [0, 0.05) is 17.0 Å². The summed E-state index contributed by atoms with van der Waals surface area (Å²) in [6.45, 7) is 1.04. The quantitative estimate of drug-likeness (QED) is 0.488. The highest BCUT2D eigenvalue weighted by molar-refractivity contribution is 5.91. The standard InChI is InChI=1S/C22H16N2O5/c25-22(18-7-5-14-3-1-2-4-17(14)23-18)28-13-16-12-20(29-24-16)15-6-8-19-21(11-15)27-10-9-26-19/h1-8,11-12H,9-10,13H2. The van der Waals surface area contributed by atoms with Gasteiger partial charge in [0.05, 0.1) is 5.52 Å². The van der Waals surface area contributed by atoms with E-state index in [1.807, 2.05) is 48.5 Å². The zero-order chi connectivity index (χ0) is 19.6. The molecule has 3 heterocycles. The van der Waals surface area contributed by atoms with Crippen LogP contribution in [0.1, 0.15) is 16.2 Å². The Morgan fingerprint density at radius 2 is 1.83 bits per heavy atom. The van der Waals surface area contributed by atoms with Crippen molar-refractivity contribution in [1.82, 2.24) is 10.1 Å². The van der Waals surface area contributed by atoms with Gasteiger partial charge in [-0.15, -0.1) is 0 Å². The van der Waals surface area contributed by atoms with Crippen LogP contribution >= 0.6 is 0 Å². The summed E-state index contributed by atoms with van der Waals surface area (Å²) in [4.78, 5) is 16.7. The van der Waals surface area contributed by atoms with Gasteiger partial charge in [0.2, 0.25) is 0 Å². The van der Waals surface area contributed by atoms with E-state index in [0.29, 0.717) is 36.2 Å². The smallest absolute Gasteiger partial charge is 0.357 e. The van der Waals surface area contributed by atoms with Crippen LogP contribution in [0.25, 0.3) is 22.2 Å². The van der Waals surface area contributed by atoms with Crippen LogP contribution in [0.5, 0.6) is 11.5 Å². The van der Waals surface area contributed by atoms with Gasteiger partial charge in [-0.2, -0.15) is 0 Å². The molecule has 0 radical (unpaired) electrons. The summed E-state index contributed by atoms with van der Waals surface area (Å²) in [7, 11) is 0. The molecule has 0 unspecified atom stereocenters. The predicted molar refractivity (Wildman–Crippen MR) is 104 cm³/mol. The zero-order valence-corrected chi connectivity index (χ0v) is 15.3. The summed E-state index contributed by atoms with van der Waals surface area (Å²) in [5.74, 6) is 1.41. The molecule has 1 aliphatic heterocycles. The van der Waals surface area contributed by atoms with Gasteiger partial charge >= 0.3 is 5.97 Å². The fraction of sp³-hybridized carbons (Fsp3) is 0.136. The molecule has 144 valence electrons. The molecule has 5 rings (SSSR count). The lowest BCUT2D eigenvalue weighted by atomic mass is 10.1. The Morgan fingerprint density at radius 1 is 0.966 bits per heavy atom. The van der Waals surface area contributed by atoms with Crippen molar-refractivity contribution < 1.29 is 23.5 Å². The Kier molecular flexibility index (Phi) is 4.32. The fourth-order valence-corrected chi connectivity index (χ4v) is 3.11. The number of nitrogens with zero attached hydrogens (tertiary/aromatic N) is 2. The molecule has 0 aliphatic carbocycles. The molecule has 0 saturated heterocycles. The van der Waals surface area contributed by atoms with Gasteiger partial charge in [-0.25, -0.2) is 9.78 Å². The molecule has 7 heteroatoms. The number of hydrogen-bond donors (Lipinski definition) is 0. The second kappa shape index (κ2) is 7.27. The highest BCUT2D eigenvalue weighted by Gasteiger charge is 2.16. The van der Waals surface area contributed by atoms with E-state index in [1.165, 1.54) is 0 Å². The summed E-state index contributed by atoms with van der Waals surface area (Å²) >= 11 is 0. The van der Waals surface area contributed by atoms with Crippen molar-refractivity contribution in [3.05, 3.63) is 72.1 Å². The van der Waals surface area contributed by atoms with Crippen molar-refractivity contribution in [3.63, 3.8) is 0 Å². The first kappa shape index (κ1) is 17.2. The average molecular weight is 388 g/mol. The van der Waals surface area contributed by atoms with Crippen LogP contribution in [0.4, 0.5) is 0 Å². The summed E-state index contributed by atoms with van der Waals surface area (Å²) < 4.78 is 21.8. The van der Waals surface area contributed by atoms with Crippen LogP contribution in [-0.4, -0.2) is 29.3 Å². The predicted octanol–water partition coefficient (Wildman–Crippen LogP) is 4.02. The Balaban J connectivity index is 1.28. The van der Waals surface area contributed by atoms with Crippen LogP contribution in [0, 0.1) is 0 Å². The van der Waals surface area contributed by atoms with Crippen LogP contribution in [0.3, 0.4) is 0 Å². The van der Waals surface area contributed by atoms with Gasteiger partial charge in [0.15, 0.2) is 17.3 Å². The number of carbonyl (C=O) groups excluding carboxylic acids is 1. The number of pyridine rings is 1. The number of fused-ring (bicyclic) bond motifs is 2. The molecular formula is C22H16N2O5. The number of esters is 1. The second-order valence-corrected chi connectivity index (χ2v) is 6.51. The Morgan fingerprint density at radius 3 is 2.76 bits per heavy atom. The summed E-state index contributed by atoms with van der Waals surface area (Å²) in [5, 5.41) is 4.94. The number of ether oxygens (including phenoxy) is 3. The first-order valence-electron chi connectivity index (χ1n) is 9.15. The van der Waals surface area contributed by atoms with Crippen molar-refractivity contribution in [2.24, 2.45) is 0 Å². The van der Waals surface area contributed by atoms with Crippen LogP contribution < -0.4 is 9.47 Å². The number of carbonyl (C=O) groups is 1. The van der Waals surface area contributed by atoms with E-state index in [4.69, 9.17) is 18.7 Å². The Labute approximate surface area is 165 Å². The molecule has 0 atom stereocenters. The van der Waals surface area contributed by atoms with Crippen LogP contribution in [0.2, 0.25) is 0 Å². The molecule has 0 N–H and O–H groups in total. The van der Waals surface area contributed by atoms with E-state index in [1.54, 1.807) is 12.1 Å². The molecule has 29 heavy (non-hydrogen) atoms. The fourth-order valence-electron chi connectivity index (χ4n) is 3.11. The van der Waals surface area contributed by atoms with Gasteiger partial charge in [-0.3, -0.25) is 0 Å². The highest BCUT2D eigenvalue weighted by atomic mass is 16.6.